The van der Waals surface area contributed by atoms with Gasteiger partial charge in [0.2, 0.25) is 5.91 Å². The number of nitrogens with two attached hydrogens (primary N) is 1. The lowest BCUT2D eigenvalue weighted by Gasteiger charge is -2.26. The highest BCUT2D eigenvalue weighted by Gasteiger charge is 2.38. The number of rotatable bonds is 4. The van der Waals surface area contributed by atoms with Gasteiger partial charge in [-0.3, -0.25) is 9.59 Å². The Morgan fingerprint density at radius 2 is 1.83 bits per heavy atom. The van der Waals surface area contributed by atoms with Gasteiger partial charge in [-0.05, 0) is 26.7 Å². The molecule has 0 aromatic heterocycles. The number of esters is 1. The molecule has 5 nitrogen and oxygen atoms in total. The molecule has 0 unspecified atom stereocenters. The fourth-order valence-corrected chi connectivity index (χ4v) is 2.06. The first-order valence-electron chi connectivity index (χ1n) is 5.97. The van der Waals surface area contributed by atoms with Crippen LogP contribution in [0.2, 0.25) is 0 Å². The normalized spacial score (nSPS) is 17.8. The molecule has 1 aliphatic rings. The Morgan fingerprint density at radius 1 is 1.33 bits per heavy atom. The molecule has 0 aliphatic heterocycles. The quantitative estimate of drug-likeness (QED) is 0.752. The first kappa shape index (κ1) is 17.2. The molecule has 6 heteroatoms. The summed E-state index contributed by atoms with van der Waals surface area (Å²) in [5.74, 6) is -0.498. The number of carbonyl (C=O) groups excluding carboxylic acids is 2. The number of hydrogen-bond acceptors (Lipinski definition) is 4. The summed E-state index contributed by atoms with van der Waals surface area (Å²) in [5.41, 5.74) is 4.55. The minimum Gasteiger partial charge on any atom is -0.469 e. The van der Waals surface area contributed by atoms with Gasteiger partial charge in [0.05, 0.1) is 18.1 Å². The van der Waals surface area contributed by atoms with Gasteiger partial charge in [0.25, 0.3) is 0 Å². The van der Waals surface area contributed by atoms with Gasteiger partial charge in [-0.1, -0.05) is 12.8 Å². The zero-order valence-electron chi connectivity index (χ0n) is 11.2. The maximum absolute atomic E-state index is 11.9. The van der Waals surface area contributed by atoms with E-state index < -0.39 is 11.0 Å². The first-order chi connectivity index (χ1) is 7.82. The molecule has 0 spiro atoms. The van der Waals surface area contributed by atoms with Gasteiger partial charge in [0.15, 0.2) is 0 Å². The second kappa shape index (κ2) is 6.38. The zero-order valence-corrected chi connectivity index (χ0v) is 12.1. The summed E-state index contributed by atoms with van der Waals surface area (Å²) in [6.07, 6.45) is 3.42. The van der Waals surface area contributed by atoms with Crippen LogP contribution < -0.4 is 11.1 Å². The van der Waals surface area contributed by atoms with Crippen LogP contribution >= 0.6 is 12.4 Å². The number of halogens is 1. The van der Waals surface area contributed by atoms with Gasteiger partial charge in [0.1, 0.15) is 0 Å². The fourth-order valence-electron chi connectivity index (χ4n) is 2.06. The van der Waals surface area contributed by atoms with Crippen LogP contribution in [0.4, 0.5) is 0 Å². The van der Waals surface area contributed by atoms with Gasteiger partial charge in [-0.25, -0.2) is 0 Å². The Hall–Kier alpha value is -0.810. The lowest BCUT2D eigenvalue weighted by atomic mass is 9.92. The number of carbonyl (C=O) groups is 2. The fraction of sp³-hybridized carbons (Fsp3) is 0.833. The molecule has 0 aromatic rings. The Morgan fingerprint density at radius 3 is 2.28 bits per heavy atom. The average molecular weight is 279 g/mol. The van der Waals surface area contributed by atoms with Crippen LogP contribution in [0.3, 0.4) is 0 Å². The van der Waals surface area contributed by atoms with E-state index in [1.165, 1.54) is 7.11 Å². The van der Waals surface area contributed by atoms with Gasteiger partial charge < -0.3 is 15.8 Å². The average Bonchev–Trinajstić information content (AvgIpc) is 2.73. The maximum atomic E-state index is 11.9. The summed E-state index contributed by atoms with van der Waals surface area (Å²) in [4.78, 5) is 23.4. The molecule has 1 amide bonds. The van der Waals surface area contributed by atoms with Crippen LogP contribution in [0, 0.1) is 5.41 Å². The number of methoxy groups -OCH3 is 1. The summed E-state index contributed by atoms with van der Waals surface area (Å²) < 4.78 is 4.68. The Bertz CT molecular complexity index is 312. The smallest absolute Gasteiger partial charge is 0.313 e. The summed E-state index contributed by atoms with van der Waals surface area (Å²) >= 11 is 0. The van der Waals surface area contributed by atoms with Crippen LogP contribution in [-0.4, -0.2) is 31.1 Å². The molecule has 106 valence electrons. The molecule has 1 aliphatic carbocycles. The Labute approximate surface area is 114 Å². The molecule has 18 heavy (non-hydrogen) atoms. The van der Waals surface area contributed by atoms with E-state index in [1.807, 2.05) is 0 Å². The summed E-state index contributed by atoms with van der Waals surface area (Å²) in [5, 5.41) is 2.76. The van der Waals surface area contributed by atoms with Crippen molar-refractivity contribution in [3.63, 3.8) is 0 Å². The minimum absolute atomic E-state index is 0. The second-order valence-corrected chi connectivity index (χ2v) is 5.42. The molecular formula is C12H23ClN2O3. The second-order valence-electron chi connectivity index (χ2n) is 5.42. The highest BCUT2D eigenvalue weighted by molar-refractivity contribution is 5.87. The minimum atomic E-state index is -0.744. The monoisotopic (exact) mass is 278 g/mol. The SMILES string of the molecule is COC(=O)C(C)(C)CNC(=O)C1(N)CCCC1.Cl. The highest BCUT2D eigenvalue weighted by Crippen LogP contribution is 2.27. The van der Waals surface area contributed by atoms with E-state index in [0.717, 1.165) is 25.7 Å². The number of ether oxygens (including phenoxy) is 1. The Balaban J connectivity index is 0.00000289. The van der Waals surface area contributed by atoms with Crippen LogP contribution in [0.5, 0.6) is 0 Å². The predicted molar refractivity (Wildman–Crippen MR) is 71.4 cm³/mol. The molecule has 0 radical (unpaired) electrons. The molecule has 3 N–H and O–H groups in total. The summed E-state index contributed by atoms with van der Waals surface area (Å²) in [7, 11) is 1.34. The zero-order chi connectivity index (χ0) is 13.1. The number of amides is 1. The van der Waals surface area contributed by atoms with Crippen molar-refractivity contribution < 1.29 is 14.3 Å². The third kappa shape index (κ3) is 3.85. The lowest BCUT2D eigenvalue weighted by Crippen LogP contribution is -2.54. The van der Waals surface area contributed by atoms with Crippen molar-refractivity contribution in [2.45, 2.75) is 45.1 Å². The van der Waals surface area contributed by atoms with E-state index >= 15 is 0 Å². The van der Waals surface area contributed by atoms with Crippen LogP contribution in [0.1, 0.15) is 39.5 Å². The first-order valence-corrected chi connectivity index (χ1v) is 5.97. The van der Waals surface area contributed by atoms with E-state index in [4.69, 9.17) is 5.73 Å². The van der Waals surface area contributed by atoms with Crippen LogP contribution in [0.25, 0.3) is 0 Å². The van der Waals surface area contributed by atoms with E-state index in [1.54, 1.807) is 13.8 Å². The van der Waals surface area contributed by atoms with E-state index in [-0.39, 0.29) is 30.8 Å². The van der Waals surface area contributed by atoms with Gasteiger partial charge in [-0.2, -0.15) is 0 Å². The maximum Gasteiger partial charge on any atom is 0.313 e. The molecule has 0 atom stereocenters. The van der Waals surface area contributed by atoms with Crippen LogP contribution in [-0.2, 0) is 14.3 Å². The molecular weight excluding hydrogens is 256 g/mol. The van der Waals surface area contributed by atoms with Crippen molar-refractivity contribution in [3.05, 3.63) is 0 Å². The molecule has 0 heterocycles. The molecule has 0 saturated heterocycles. The van der Waals surface area contributed by atoms with E-state index in [9.17, 15) is 9.59 Å². The molecule has 1 rings (SSSR count). The molecule has 0 bridgehead atoms. The number of nitrogens with one attached hydrogen (secondary N) is 1. The third-order valence-corrected chi connectivity index (χ3v) is 3.38. The molecule has 1 fully saturated rings. The van der Waals surface area contributed by atoms with Crippen molar-refractivity contribution >= 4 is 24.3 Å². The van der Waals surface area contributed by atoms with Crippen molar-refractivity contribution in [1.29, 1.82) is 0 Å². The van der Waals surface area contributed by atoms with Gasteiger partial charge in [0, 0.05) is 6.54 Å². The summed E-state index contributed by atoms with van der Waals surface area (Å²) in [6.45, 7) is 3.71. The van der Waals surface area contributed by atoms with Crippen molar-refractivity contribution in [2.24, 2.45) is 11.1 Å². The standard InChI is InChI=1S/C12H22N2O3.ClH/c1-11(2,10(16)17-3)8-14-9(15)12(13)6-4-5-7-12;/h4-8,13H2,1-3H3,(H,14,15);1H. The van der Waals surface area contributed by atoms with Crippen molar-refractivity contribution in [3.8, 4) is 0 Å². The third-order valence-electron chi connectivity index (χ3n) is 3.38. The lowest BCUT2D eigenvalue weighted by molar-refractivity contribution is -0.150. The van der Waals surface area contributed by atoms with Crippen molar-refractivity contribution in [1.82, 2.24) is 5.32 Å². The van der Waals surface area contributed by atoms with E-state index in [0.29, 0.717) is 0 Å². The molecule has 0 aromatic carbocycles. The summed E-state index contributed by atoms with van der Waals surface area (Å²) in [6, 6.07) is 0. The van der Waals surface area contributed by atoms with Crippen LogP contribution in [0.15, 0.2) is 0 Å². The topological polar surface area (TPSA) is 81.4 Å². The largest absolute Gasteiger partial charge is 0.469 e. The van der Waals surface area contributed by atoms with Crippen molar-refractivity contribution in [2.75, 3.05) is 13.7 Å². The highest BCUT2D eigenvalue weighted by atomic mass is 35.5. The van der Waals surface area contributed by atoms with Gasteiger partial charge >= 0.3 is 5.97 Å². The number of hydrogen-bond donors (Lipinski definition) is 2. The Kier molecular flexibility index (Phi) is 6.10. The predicted octanol–water partition coefficient (Wildman–Crippen LogP) is 0.995. The molecule has 1 saturated carbocycles. The van der Waals surface area contributed by atoms with Gasteiger partial charge in [-0.15, -0.1) is 12.4 Å². The van der Waals surface area contributed by atoms with E-state index in [2.05, 4.69) is 10.1 Å².